The van der Waals surface area contributed by atoms with Gasteiger partial charge in [0.1, 0.15) is 6.04 Å². The van der Waals surface area contributed by atoms with Gasteiger partial charge in [-0.25, -0.2) is 4.79 Å². The first-order chi connectivity index (χ1) is 13.8. The number of amides is 2. The normalized spacial score (nSPS) is 27.8. The van der Waals surface area contributed by atoms with E-state index >= 15 is 0 Å². The second kappa shape index (κ2) is 6.91. The molecule has 1 aliphatic heterocycles. The van der Waals surface area contributed by atoms with Crippen molar-refractivity contribution in [1.82, 2.24) is 4.90 Å². The topological polar surface area (TPSA) is 124 Å². The smallest absolute Gasteiger partial charge is 0.329 e. The maximum absolute atomic E-state index is 12.7. The minimum absolute atomic E-state index is 0.0402. The molecule has 2 bridgehead atoms. The average Bonchev–Trinajstić information content (AvgIpc) is 3.39. The van der Waals surface area contributed by atoms with Gasteiger partial charge in [-0.15, -0.1) is 0 Å². The van der Waals surface area contributed by atoms with Crippen molar-refractivity contribution in [3.8, 4) is 0 Å². The number of nitro groups is 1. The number of ketones is 1. The van der Waals surface area contributed by atoms with Crippen LogP contribution in [0.3, 0.4) is 0 Å². The molecule has 1 heterocycles. The molecule has 9 nitrogen and oxygen atoms in total. The lowest BCUT2D eigenvalue weighted by Gasteiger charge is -2.23. The Morgan fingerprint density at radius 1 is 1.14 bits per heavy atom. The Kier molecular flexibility index (Phi) is 4.52. The lowest BCUT2D eigenvalue weighted by molar-refractivity contribution is -0.384. The fraction of sp³-hybridized carbons (Fsp3) is 0.400. The number of hydrogen-bond acceptors (Lipinski definition) is 7. The molecule has 3 aliphatic rings. The first-order valence-electron chi connectivity index (χ1n) is 9.29. The molecule has 1 aromatic rings. The second-order valence-corrected chi connectivity index (χ2v) is 7.56. The van der Waals surface area contributed by atoms with Crippen molar-refractivity contribution >= 4 is 29.3 Å². The van der Waals surface area contributed by atoms with Gasteiger partial charge in [0.15, 0.2) is 12.4 Å². The van der Waals surface area contributed by atoms with E-state index in [0.29, 0.717) is 0 Å². The van der Waals surface area contributed by atoms with E-state index in [0.717, 1.165) is 11.3 Å². The van der Waals surface area contributed by atoms with E-state index in [1.807, 2.05) is 12.2 Å². The molecule has 0 N–H and O–H groups in total. The second-order valence-electron chi connectivity index (χ2n) is 7.56. The summed E-state index contributed by atoms with van der Waals surface area (Å²) in [5.74, 6) is -2.84. The van der Waals surface area contributed by atoms with E-state index in [-0.39, 0.29) is 34.9 Å². The van der Waals surface area contributed by atoms with Crippen LogP contribution < -0.4 is 0 Å². The van der Waals surface area contributed by atoms with Crippen molar-refractivity contribution < 1.29 is 28.8 Å². The standard InChI is InChI=1S/C20H18N2O7/c1-10(21-18(24)16-12-2-3-13(8-12)17(16)19(21)25)20(26)29-9-15(23)11-4-6-14(7-5-11)22(27)28/h2-7,10,12-13,16-17H,8-9H2,1H3/t10-,12-,13+,16-,17+/m0/s1. The Bertz CT molecular complexity index is 922. The molecule has 2 amide bonds. The van der Waals surface area contributed by atoms with Crippen LogP contribution in [0.15, 0.2) is 36.4 Å². The van der Waals surface area contributed by atoms with Gasteiger partial charge in [-0.2, -0.15) is 0 Å². The van der Waals surface area contributed by atoms with Crippen molar-refractivity contribution in [2.24, 2.45) is 23.7 Å². The molecule has 150 valence electrons. The Hall–Kier alpha value is -3.36. The fourth-order valence-electron chi connectivity index (χ4n) is 4.52. The number of nitro benzene ring substituents is 1. The van der Waals surface area contributed by atoms with Gasteiger partial charge < -0.3 is 4.74 Å². The maximum Gasteiger partial charge on any atom is 0.329 e. The number of nitrogens with zero attached hydrogens (tertiary/aromatic N) is 2. The maximum atomic E-state index is 12.7. The van der Waals surface area contributed by atoms with Crippen molar-refractivity contribution in [3.05, 3.63) is 52.1 Å². The summed E-state index contributed by atoms with van der Waals surface area (Å²) < 4.78 is 5.01. The number of non-ortho nitro benzene ring substituents is 1. The van der Waals surface area contributed by atoms with Crippen LogP contribution in [0.2, 0.25) is 0 Å². The highest BCUT2D eigenvalue weighted by atomic mass is 16.6. The van der Waals surface area contributed by atoms with Crippen LogP contribution in [-0.4, -0.2) is 46.0 Å². The summed E-state index contributed by atoms with van der Waals surface area (Å²) in [4.78, 5) is 61.0. The fourth-order valence-corrected chi connectivity index (χ4v) is 4.52. The molecule has 1 saturated heterocycles. The number of carbonyl (C=O) groups excluding carboxylic acids is 4. The summed E-state index contributed by atoms with van der Waals surface area (Å²) in [7, 11) is 0. The molecule has 9 heteroatoms. The highest BCUT2D eigenvalue weighted by molar-refractivity contribution is 6.09. The first-order valence-corrected chi connectivity index (χ1v) is 9.29. The van der Waals surface area contributed by atoms with Crippen molar-refractivity contribution in [1.29, 1.82) is 0 Å². The molecular weight excluding hydrogens is 380 g/mol. The third-order valence-corrected chi connectivity index (χ3v) is 5.98. The number of fused-ring (bicyclic) bond motifs is 5. The predicted octanol–water partition coefficient (Wildman–Crippen LogP) is 1.52. The zero-order valence-electron chi connectivity index (χ0n) is 15.5. The Morgan fingerprint density at radius 3 is 2.21 bits per heavy atom. The number of esters is 1. The molecule has 0 aromatic heterocycles. The Morgan fingerprint density at radius 2 is 1.69 bits per heavy atom. The summed E-state index contributed by atoms with van der Waals surface area (Å²) in [6.45, 7) is 0.821. The average molecular weight is 398 g/mol. The largest absolute Gasteiger partial charge is 0.456 e. The lowest BCUT2D eigenvalue weighted by atomic mass is 9.85. The number of likely N-dealkylation sites (tertiary alicyclic amines) is 1. The van der Waals surface area contributed by atoms with E-state index in [2.05, 4.69) is 0 Å². The van der Waals surface area contributed by atoms with Gasteiger partial charge >= 0.3 is 5.97 Å². The molecule has 0 radical (unpaired) electrons. The van der Waals surface area contributed by atoms with Crippen LogP contribution >= 0.6 is 0 Å². The summed E-state index contributed by atoms with van der Waals surface area (Å²) in [5.41, 5.74) is -0.00575. The summed E-state index contributed by atoms with van der Waals surface area (Å²) in [6.07, 6.45) is 4.72. The molecule has 1 aromatic carbocycles. The van der Waals surface area contributed by atoms with E-state index < -0.39 is 41.2 Å². The number of hydrogen-bond donors (Lipinski definition) is 0. The summed E-state index contributed by atoms with van der Waals surface area (Å²) in [6, 6.07) is 3.79. The molecule has 0 unspecified atom stereocenters. The van der Waals surface area contributed by atoms with Gasteiger partial charge in [0.05, 0.1) is 16.8 Å². The van der Waals surface area contributed by atoms with Crippen molar-refractivity contribution in [2.75, 3.05) is 6.61 Å². The number of allylic oxidation sites excluding steroid dienone is 2. The van der Waals surface area contributed by atoms with Crippen LogP contribution in [0.1, 0.15) is 23.7 Å². The van der Waals surface area contributed by atoms with Crippen LogP contribution in [0, 0.1) is 33.8 Å². The Balaban J connectivity index is 1.37. The van der Waals surface area contributed by atoms with E-state index in [1.54, 1.807) is 0 Å². The quantitative estimate of drug-likeness (QED) is 0.178. The van der Waals surface area contributed by atoms with Crippen LogP contribution in [-0.2, 0) is 19.1 Å². The summed E-state index contributed by atoms with van der Waals surface area (Å²) >= 11 is 0. The minimum atomic E-state index is -1.12. The van der Waals surface area contributed by atoms with Crippen molar-refractivity contribution in [2.45, 2.75) is 19.4 Å². The number of benzene rings is 1. The third-order valence-electron chi connectivity index (χ3n) is 5.98. The van der Waals surface area contributed by atoms with Crippen LogP contribution in [0.5, 0.6) is 0 Å². The number of rotatable bonds is 6. The van der Waals surface area contributed by atoms with Gasteiger partial charge in [-0.1, -0.05) is 12.2 Å². The van der Waals surface area contributed by atoms with E-state index in [9.17, 15) is 29.3 Å². The number of imide groups is 1. The van der Waals surface area contributed by atoms with E-state index in [4.69, 9.17) is 4.74 Å². The van der Waals surface area contributed by atoms with Crippen LogP contribution in [0.25, 0.3) is 0 Å². The molecule has 0 spiro atoms. The van der Waals surface area contributed by atoms with Gasteiger partial charge in [0, 0.05) is 17.7 Å². The number of ether oxygens (including phenoxy) is 1. The van der Waals surface area contributed by atoms with Crippen LogP contribution in [0.4, 0.5) is 5.69 Å². The van der Waals surface area contributed by atoms with E-state index in [1.165, 1.54) is 31.2 Å². The predicted molar refractivity (Wildman–Crippen MR) is 97.4 cm³/mol. The molecule has 29 heavy (non-hydrogen) atoms. The number of carbonyl (C=O) groups is 4. The van der Waals surface area contributed by atoms with Gasteiger partial charge in [0.2, 0.25) is 11.8 Å². The SMILES string of the molecule is C[C@@H](C(=O)OCC(=O)c1ccc([N+](=O)[O-])cc1)N1C(=O)[C@@H]2[C@H](C1=O)[C@@H]1C=C[C@H]2C1. The van der Waals surface area contributed by atoms with Gasteiger partial charge in [0.25, 0.3) is 5.69 Å². The lowest BCUT2D eigenvalue weighted by Crippen LogP contribution is -2.45. The zero-order valence-corrected chi connectivity index (χ0v) is 15.5. The van der Waals surface area contributed by atoms with Gasteiger partial charge in [-0.05, 0) is 37.3 Å². The van der Waals surface area contributed by atoms with Gasteiger partial charge in [-0.3, -0.25) is 29.4 Å². The summed E-state index contributed by atoms with van der Waals surface area (Å²) in [5, 5.41) is 10.7. The zero-order chi connectivity index (χ0) is 20.9. The molecule has 1 saturated carbocycles. The van der Waals surface area contributed by atoms with Crippen molar-refractivity contribution in [3.63, 3.8) is 0 Å². The molecule has 4 rings (SSSR count). The minimum Gasteiger partial charge on any atom is -0.456 e. The molecule has 2 fully saturated rings. The highest BCUT2D eigenvalue weighted by Gasteiger charge is 2.60. The monoisotopic (exact) mass is 398 g/mol. The third kappa shape index (κ3) is 3.02. The Labute approximate surface area is 165 Å². The number of Topliss-reactive ketones (excluding diaryl/α,β-unsaturated/α-hetero) is 1. The first kappa shape index (κ1) is 19.0. The highest BCUT2D eigenvalue weighted by Crippen LogP contribution is 2.52. The molecular formula is C20H18N2O7. The molecule has 5 atom stereocenters. The molecule has 2 aliphatic carbocycles.